The molecule has 4 rings (SSSR count). The van der Waals surface area contributed by atoms with E-state index in [9.17, 15) is 27.2 Å². The molecular weight excluding hydrogens is 464 g/mol. The lowest BCUT2D eigenvalue weighted by atomic mass is 9.70. The molecule has 35 heavy (non-hydrogen) atoms. The maximum absolute atomic E-state index is 13.4. The monoisotopic (exact) mass is 488 g/mol. The van der Waals surface area contributed by atoms with Gasteiger partial charge in [0.2, 0.25) is 11.8 Å². The van der Waals surface area contributed by atoms with Gasteiger partial charge in [0, 0.05) is 37.3 Å². The van der Waals surface area contributed by atoms with Gasteiger partial charge in [-0.3, -0.25) is 9.59 Å². The molecule has 184 valence electrons. The van der Waals surface area contributed by atoms with Crippen molar-refractivity contribution in [3.8, 4) is 6.07 Å². The van der Waals surface area contributed by atoms with Gasteiger partial charge in [0.05, 0.1) is 29.5 Å². The number of hydrogen-bond acceptors (Lipinski definition) is 4. The maximum Gasteiger partial charge on any atom is 0.417 e. The van der Waals surface area contributed by atoms with Crippen molar-refractivity contribution in [2.75, 3.05) is 31.1 Å². The van der Waals surface area contributed by atoms with Crippen molar-refractivity contribution in [1.82, 2.24) is 4.90 Å². The summed E-state index contributed by atoms with van der Waals surface area (Å²) in [5.74, 6) is -1.66. The number of benzene rings is 2. The molecule has 2 N–H and O–H groups in total. The maximum atomic E-state index is 13.4. The lowest BCUT2D eigenvalue weighted by Crippen LogP contribution is -2.47. The number of hydrogen-bond donors (Lipinski definition) is 1. The van der Waals surface area contributed by atoms with Gasteiger partial charge in [0.25, 0.3) is 0 Å². The summed E-state index contributed by atoms with van der Waals surface area (Å²) in [6, 6.07) is 10.9. The largest absolute Gasteiger partial charge is 0.417 e. The zero-order valence-corrected chi connectivity index (χ0v) is 18.8. The summed E-state index contributed by atoms with van der Waals surface area (Å²) in [5, 5.41) is 9.02. The number of carbonyl (C=O) groups excluding carboxylic acids is 2. The van der Waals surface area contributed by atoms with E-state index < -0.39 is 40.4 Å². The van der Waals surface area contributed by atoms with Crippen LogP contribution in [0, 0.1) is 28.5 Å². The Hall–Kier alpha value is -3.61. The molecule has 1 atom stereocenters. The average molecular weight is 488 g/mol. The fourth-order valence-corrected chi connectivity index (χ4v) is 5.22. The number of nitriles is 1. The number of carbonyl (C=O) groups is 2. The first-order valence-corrected chi connectivity index (χ1v) is 11.2. The molecule has 2 aliphatic heterocycles. The normalized spacial score (nSPS) is 19.6. The van der Waals surface area contributed by atoms with Crippen molar-refractivity contribution in [3.05, 3.63) is 65.0 Å². The van der Waals surface area contributed by atoms with Gasteiger partial charge in [0.1, 0.15) is 5.82 Å². The van der Waals surface area contributed by atoms with E-state index in [-0.39, 0.29) is 18.9 Å². The third kappa shape index (κ3) is 4.94. The van der Waals surface area contributed by atoms with Gasteiger partial charge in [-0.2, -0.15) is 18.4 Å². The molecular formula is C25H24F4N4O2. The minimum Gasteiger partial charge on any atom is -0.371 e. The molecule has 10 heteroatoms. The lowest BCUT2D eigenvalue weighted by molar-refractivity contribution is -0.137. The summed E-state index contributed by atoms with van der Waals surface area (Å²) >= 11 is 0. The topological polar surface area (TPSA) is 90.4 Å². The van der Waals surface area contributed by atoms with Crippen LogP contribution in [0.15, 0.2) is 42.5 Å². The van der Waals surface area contributed by atoms with E-state index in [2.05, 4.69) is 0 Å². The molecule has 1 unspecified atom stereocenters. The van der Waals surface area contributed by atoms with Crippen molar-refractivity contribution in [2.45, 2.75) is 25.4 Å². The molecule has 0 saturated carbocycles. The summed E-state index contributed by atoms with van der Waals surface area (Å²) in [6.07, 6.45) is -3.63. The highest BCUT2D eigenvalue weighted by Gasteiger charge is 2.51. The number of alkyl halides is 3. The van der Waals surface area contributed by atoms with Gasteiger partial charge < -0.3 is 15.5 Å². The van der Waals surface area contributed by atoms with Crippen LogP contribution in [-0.4, -0.2) is 42.9 Å². The van der Waals surface area contributed by atoms with Crippen LogP contribution in [0.2, 0.25) is 0 Å². The van der Waals surface area contributed by atoms with Gasteiger partial charge in [-0.05, 0) is 48.7 Å². The number of nitrogens with zero attached hydrogens (tertiary/aromatic N) is 3. The molecule has 2 heterocycles. The second kappa shape index (κ2) is 9.21. The van der Waals surface area contributed by atoms with Gasteiger partial charge in [-0.15, -0.1) is 0 Å². The van der Waals surface area contributed by atoms with E-state index in [1.807, 2.05) is 0 Å². The van der Waals surface area contributed by atoms with Crippen LogP contribution in [0.4, 0.5) is 23.2 Å². The fraction of sp³-hybridized carbons (Fsp3) is 0.400. The molecule has 2 amide bonds. The Labute approximate surface area is 199 Å². The predicted molar refractivity (Wildman–Crippen MR) is 119 cm³/mol. The first kappa shape index (κ1) is 24.5. The third-order valence-electron chi connectivity index (χ3n) is 7.17. The van der Waals surface area contributed by atoms with Crippen molar-refractivity contribution in [3.63, 3.8) is 0 Å². The Morgan fingerprint density at radius 3 is 2.34 bits per heavy atom. The van der Waals surface area contributed by atoms with Crippen LogP contribution in [0.3, 0.4) is 0 Å². The number of rotatable bonds is 4. The van der Waals surface area contributed by atoms with Crippen molar-refractivity contribution >= 4 is 17.5 Å². The number of amides is 2. The molecule has 2 saturated heterocycles. The van der Waals surface area contributed by atoms with E-state index in [1.165, 1.54) is 36.4 Å². The fourth-order valence-electron chi connectivity index (χ4n) is 5.22. The van der Waals surface area contributed by atoms with Gasteiger partial charge in [0.15, 0.2) is 0 Å². The summed E-state index contributed by atoms with van der Waals surface area (Å²) < 4.78 is 53.3. The molecule has 0 radical (unpaired) electrons. The Balaban J connectivity index is 1.48. The molecule has 0 bridgehead atoms. The zero-order valence-electron chi connectivity index (χ0n) is 18.8. The molecule has 2 fully saturated rings. The number of anilines is 1. The van der Waals surface area contributed by atoms with Gasteiger partial charge in [-0.1, -0.05) is 12.1 Å². The van der Waals surface area contributed by atoms with Crippen LogP contribution in [0.25, 0.3) is 0 Å². The molecule has 6 nitrogen and oxygen atoms in total. The summed E-state index contributed by atoms with van der Waals surface area (Å²) in [5.41, 5.74) is 4.73. The standard InChI is InChI=1S/C25H24F4N4O2/c26-18-4-1-16(2-5-18)11-22(34)33-14-21(23(31)35)24(15-33)7-9-32(10-8-24)19-6-3-17(13-30)20(12-19)25(27,28)29/h1-6,12,21H,7-11,14-15H2,(H2,31,35). The third-order valence-corrected chi connectivity index (χ3v) is 7.17. The van der Waals surface area contributed by atoms with Crippen molar-refractivity contribution in [1.29, 1.82) is 5.26 Å². The molecule has 2 aromatic carbocycles. The highest BCUT2D eigenvalue weighted by Crippen LogP contribution is 2.46. The van der Waals surface area contributed by atoms with Crippen molar-refractivity contribution < 1.29 is 27.2 Å². The summed E-state index contributed by atoms with van der Waals surface area (Å²) in [6.45, 7) is 1.28. The minimum absolute atomic E-state index is 0.0689. The molecule has 2 aromatic rings. The number of halogens is 4. The molecule has 1 spiro atoms. The summed E-state index contributed by atoms with van der Waals surface area (Å²) in [4.78, 5) is 28.6. The number of primary amides is 1. The smallest absolute Gasteiger partial charge is 0.371 e. The Bertz CT molecular complexity index is 1170. The van der Waals surface area contributed by atoms with Crippen molar-refractivity contribution in [2.24, 2.45) is 17.1 Å². The first-order chi connectivity index (χ1) is 16.5. The number of likely N-dealkylation sites (tertiary alicyclic amines) is 1. The highest BCUT2D eigenvalue weighted by atomic mass is 19.4. The van der Waals surface area contributed by atoms with Crippen LogP contribution in [-0.2, 0) is 22.2 Å². The van der Waals surface area contributed by atoms with E-state index >= 15 is 0 Å². The zero-order chi connectivity index (χ0) is 25.4. The van der Waals surface area contributed by atoms with E-state index in [1.54, 1.807) is 15.9 Å². The molecule has 0 aliphatic carbocycles. The van der Waals surface area contributed by atoms with Crippen LogP contribution in [0.1, 0.15) is 29.5 Å². The second-order valence-electron chi connectivity index (χ2n) is 9.22. The first-order valence-electron chi connectivity index (χ1n) is 11.2. The van der Waals surface area contributed by atoms with Gasteiger partial charge >= 0.3 is 6.18 Å². The van der Waals surface area contributed by atoms with E-state index in [0.717, 1.165) is 6.07 Å². The Kier molecular flexibility index (Phi) is 6.45. The quantitative estimate of drug-likeness (QED) is 0.668. The van der Waals surface area contributed by atoms with E-state index in [0.29, 0.717) is 43.7 Å². The number of piperidine rings is 1. The minimum atomic E-state index is -4.65. The van der Waals surface area contributed by atoms with Gasteiger partial charge in [-0.25, -0.2) is 4.39 Å². The van der Waals surface area contributed by atoms with Crippen LogP contribution >= 0.6 is 0 Å². The van der Waals surface area contributed by atoms with Crippen LogP contribution in [0.5, 0.6) is 0 Å². The Morgan fingerprint density at radius 2 is 1.77 bits per heavy atom. The average Bonchev–Trinajstić information content (AvgIpc) is 3.19. The molecule has 0 aromatic heterocycles. The number of nitrogens with two attached hydrogens (primary N) is 1. The highest BCUT2D eigenvalue weighted by molar-refractivity contribution is 5.83. The predicted octanol–water partition coefficient (Wildman–Crippen LogP) is 3.49. The van der Waals surface area contributed by atoms with Crippen LogP contribution < -0.4 is 10.6 Å². The lowest BCUT2D eigenvalue weighted by Gasteiger charge is -2.42. The van der Waals surface area contributed by atoms with E-state index in [4.69, 9.17) is 11.0 Å². The molecule has 2 aliphatic rings. The summed E-state index contributed by atoms with van der Waals surface area (Å²) in [7, 11) is 0. The second-order valence-corrected chi connectivity index (χ2v) is 9.22. The SMILES string of the molecule is N#Cc1ccc(N2CCC3(CC2)CN(C(=O)Cc2ccc(F)cc2)CC3C(N)=O)cc1C(F)(F)F. The Morgan fingerprint density at radius 1 is 1.11 bits per heavy atom.